The molecule has 0 saturated carbocycles. The average Bonchev–Trinajstić information content (AvgIpc) is 3.95. The third kappa shape index (κ3) is 4.97. The topological polar surface area (TPSA) is 39.2 Å². The predicted molar refractivity (Wildman–Crippen MR) is 221 cm³/mol. The number of benzene rings is 6. The summed E-state index contributed by atoms with van der Waals surface area (Å²) in [6.07, 6.45) is 12.8. The van der Waals surface area contributed by atoms with Gasteiger partial charge in [0, 0.05) is 49.7 Å². The van der Waals surface area contributed by atoms with Gasteiger partial charge >= 0.3 is 0 Å². The van der Waals surface area contributed by atoms with E-state index in [1.165, 1.54) is 37.7 Å². The van der Waals surface area contributed by atoms with Crippen LogP contribution in [0.4, 0.5) is 0 Å². The molecule has 0 saturated heterocycles. The number of allylic oxidation sites excluding steroid dienone is 2. The maximum absolute atomic E-state index is 6.42. The number of hydrogen-bond acceptors (Lipinski definition) is 4. The molecule has 0 unspecified atom stereocenters. The second-order valence-corrected chi connectivity index (χ2v) is 15.0. The van der Waals surface area contributed by atoms with Gasteiger partial charge in [-0.1, -0.05) is 140 Å². The molecule has 2 aliphatic carbocycles. The molecule has 3 heterocycles. The predicted octanol–water partition coefficient (Wildman–Crippen LogP) is 14.0. The zero-order valence-corrected chi connectivity index (χ0v) is 29.8. The third-order valence-electron chi connectivity index (χ3n) is 10.9. The van der Waals surface area contributed by atoms with Crippen LogP contribution in [0.15, 0.2) is 148 Å². The van der Waals surface area contributed by atoms with E-state index in [9.17, 15) is 0 Å². The summed E-state index contributed by atoms with van der Waals surface area (Å²) in [5, 5.41) is 3.47. The molecule has 0 atom stereocenters. The molecule has 6 aromatic carbocycles. The van der Waals surface area contributed by atoms with Gasteiger partial charge in [0.05, 0.1) is 10.2 Å². The summed E-state index contributed by atoms with van der Waals surface area (Å²) in [7, 11) is 0. The lowest BCUT2D eigenvalue weighted by atomic mass is 9.94. The Labute approximate surface area is 311 Å². The maximum atomic E-state index is 6.42. The molecule has 252 valence electrons. The van der Waals surface area contributed by atoms with Gasteiger partial charge in [-0.25, -0.2) is 4.98 Å². The highest BCUT2D eigenvalue weighted by Gasteiger charge is 2.21. The Bertz CT molecular complexity index is 2740. The Balaban J connectivity index is 0.992. The number of aromatic nitrogens is 1. The van der Waals surface area contributed by atoms with Crippen LogP contribution in [0.1, 0.15) is 35.5 Å². The lowest BCUT2D eigenvalue weighted by Gasteiger charge is -2.10. The Kier molecular flexibility index (Phi) is 6.99. The first kappa shape index (κ1) is 30.4. The Hall–Kier alpha value is -6.23. The van der Waals surface area contributed by atoms with Crippen LogP contribution in [0.2, 0.25) is 0 Å². The number of rotatable bonds is 5. The van der Waals surface area contributed by atoms with Crippen molar-refractivity contribution in [3.8, 4) is 55.1 Å². The molecule has 2 aliphatic rings. The first-order valence-corrected chi connectivity index (χ1v) is 19.2. The van der Waals surface area contributed by atoms with Crippen LogP contribution in [0.25, 0.3) is 99.4 Å². The smallest absolute Gasteiger partial charge is 0.142 e. The van der Waals surface area contributed by atoms with E-state index in [1.54, 1.807) is 11.3 Å². The first-order chi connectivity index (χ1) is 26.3. The fourth-order valence-corrected chi connectivity index (χ4v) is 9.42. The molecule has 3 nitrogen and oxygen atoms in total. The SMILES string of the molecule is C1=Cc2oc3c(-c4ccc(-c5ccc(-c6ccc(-c7cccc8c9c(oc78)C=CCC9)cc6)c6sc(-c7ccccc7)nc56)cc4)cccc3c2CC1. The zero-order valence-electron chi connectivity index (χ0n) is 28.9. The van der Waals surface area contributed by atoms with Gasteiger partial charge in [-0.2, -0.15) is 0 Å². The maximum Gasteiger partial charge on any atom is 0.142 e. The summed E-state index contributed by atoms with van der Waals surface area (Å²) in [6.45, 7) is 0. The zero-order chi connectivity index (χ0) is 34.9. The second kappa shape index (κ2) is 12.2. The van der Waals surface area contributed by atoms with Crippen LogP contribution in [-0.4, -0.2) is 4.98 Å². The fraction of sp³-hybridized carbons (Fsp3) is 0.0816. The van der Waals surface area contributed by atoms with Gasteiger partial charge in [-0.05, 0) is 60.1 Å². The van der Waals surface area contributed by atoms with E-state index in [4.69, 9.17) is 13.8 Å². The van der Waals surface area contributed by atoms with Crippen LogP contribution in [0.3, 0.4) is 0 Å². The van der Waals surface area contributed by atoms with E-state index in [-0.39, 0.29) is 0 Å². The number of thiazole rings is 1. The van der Waals surface area contributed by atoms with Gasteiger partial charge < -0.3 is 8.83 Å². The number of aryl methyl sites for hydroxylation is 2. The van der Waals surface area contributed by atoms with Crippen molar-refractivity contribution in [1.82, 2.24) is 4.98 Å². The quantitative estimate of drug-likeness (QED) is 0.179. The summed E-state index contributed by atoms with van der Waals surface area (Å²) in [5.41, 5.74) is 15.9. The minimum Gasteiger partial charge on any atom is -0.456 e. The van der Waals surface area contributed by atoms with Crippen molar-refractivity contribution < 1.29 is 8.83 Å². The first-order valence-electron chi connectivity index (χ1n) is 18.4. The van der Waals surface area contributed by atoms with Crippen LogP contribution in [0.5, 0.6) is 0 Å². The molecule has 0 radical (unpaired) electrons. The molecule has 9 aromatic rings. The summed E-state index contributed by atoms with van der Waals surface area (Å²) in [5.74, 6) is 1.99. The van der Waals surface area contributed by atoms with Gasteiger partial charge in [-0.3, -0.25) is 0 Å². The monoisotopic (exact) mass is 699 g/mol. The van der Waals surface area contributed by atoms with E-state index >= 15 is 0 Å². The van der Waals surface area contributed by atoms with Crippen molar-refractivity contribution in [3.63, 3.8) is 0 Å². The van der Waals surface area contributed by atoms with Gasteiger partial charge in [0.1, 0.15) is 27.7 Å². The van der Waals surface area contributed by atoms with Gasteiger partial charge in [-0.15, -0.1) is 11.3 Å². The highest BCUT2D eigenvalue weighted by Crippen LogP contribution is 2.44. The Morgan fingerprint density at radius 1 is 0.453 bits per heavy atom. The summed E-state index contributed by atoms with van der Waals surface area (Å²) in [4.78, 5) is 5.31. The van der Waals surface area contributed by atoms with E-state index in [1.807, 2.05) is 0 Å². The van der Waals surface area contributed by atoms with Crippen LogP contribution >= 0.6 is 11.3 Å². The highest BCUT2D eigenvalue weighted by molar-refractivity contribution is 7.22. The van der Waals surface area contributed by atoms with Crippen molar-refractivity contribution in [3.05, 3.63) is 162 Å². The molecule has 3 aromatic heterocycles. The van der Waals surface area contributed by atoms with Gasteiger partial charge in [0.15, 0.2) is 0 Å². The average molecular weight is 700 g/mol. The van der Waals surface area contributed by atoms with Crippen molar-refractivity contribution in [2.75, 3.05) is 0 Å². The summed E-state index contributed by atoms with van der Waals surface area (Å²) in [6, 6.07) is 45.9. The molecule has 4 heteroatoms. The van der Waals surface area contributed by atoms with Gasteiger partial charge in [0.25, 0.3) is 0 Å². The lowest BCUT2D eigenvalue weighted by molar-refractivity contribution is 0.596. The number of hydrogen-bond donors (Lipinski definition) is 0. The normalized spacial score (nSPS) is 13.6. The molecule has 0 spiro atoms. The van der Waals surface area contributed by atoms with Crippen molar-refractivity contribution >= 4 is 55.6 Å². The van der Waals surface area contributed by atoms with E-state index in [2.05, 4.69) is 152 Å². The molecule has 0 fully saturated rings. The molecular formula is C49H33NO2S. The van der Waals surface area contributed by atoms with Crippen molar-refractivity contribution in [1.29, 1.82) is 0 Å². The third-order valence-corrected chi connectivity index (χ3v) is 12.1. The molecule has 0 aliphatic heterocycles. The molecular weight excluding hydrogens is 667 g/mol. The summed E-state index contributed by atoms with van der Waals surface area (Å²) < 4.78 is 14.0. The van der Waals surface area contributed by atoms with E-state index in [0.29, 0.717) is 0 Å². The Morgan fingerprint density at radius 2 is 0.962 bits per heavy atom. The van der Waals surface area contributed by atoms with Crippen LogP contribution in [-0.2, 0) is 12.8 Å². The molecule has 0 amide bonds. The Morgan fingerprint density at radius 3 is 1.53 bits per heavy atom. The molecule has 0 N–H and O–H groups in total. The number of para-hydroxylation sites is 2. The van der Waals surface area contributed by atoms with E-state index < -0.39 is 0 Å². The fourth-order valence-electron chi connectivity index (χ4n) is 8.28. The second-order valence-electron chi connectivity index (χ2n) is 14.0. The molecule has 0 bridgehead atoms. The lowest BCUT2D eigenvalue weighted by Crippen LogP contribution is -1.89. The van der Waals surface area contributed by atoms with Crippen molar-refractivity contribution in [2.45, 2.75) is 25.7 Å². The largest absolute Gasteiger partial charge is 0.456 e. The number of nitrogens with zero attached hydrogens (tertiary/aromatic N) is 1. The molecule has 53 heavy (non-hydrogen) atoms. The number of fused-ring (bicyclic) bond motifs is 7. The minimum absolute atomic E-state index is 0.971. The number of furan rings is 2. The van der Waals surface area contributed by atoms with Crippen molar-refractivity contribution in [2.24, 2.45) is 0 Å². The standard InChI is InChI=1S/C49H33NO2S/c1-2-10-34(11-3-1)49-50-45-35(30-20-22-31(23-21-30)36-14-8-16-41-39-12-4-6-18-43(39)51-46(36)41)28-29-38(48(45)53-49)33-26-24-32(25-27-33)37-15-9-17-42-40-13-5-7-19-44(40)52-47(37)42/h1-3,6-11,14-29H,4-5,12-13H2. The van der Waals surface area contributed by atoms with Crippen LogP contribution in [0, 0.1) is 0 Å². The molecule has 11 rings (SSSR count). The summed E-state index contributed by atoms with van der Waals surface area (Å²) >= 11 is 1.76. The van der Waals surface area contributed by atoms with Gasteiger partial charge in [0.2, 0.25) is 0 Å². The minimum atomic E-state index is 0.971. The van der Waals surface area contributed by atoms with E-state index in [0.717, 1.165) is 97.8 Å². The van der Waals surface area contributed by atoms with Crippen LogP contribution < -0.4 is 0 Å². The highest BCUT2D eigenvalue weighted by atomic mass is 32.1.